The minimum atomic E-state index is -0.295. The van der Waals surface area contributed by atoms with Gasteiger partial charge in [-0.2, -0.15) is 0 Å². The third kappa shape index (κ3) is 4.47. The molecule has 2 amide bonds. The van der Waals surface area contributed by atoms with E-state index in [-0.39, 0.29) is 37.4 Å². The number of benzene rings is 2. The average Bonchev–Trinajstić information content (AvgIpc) is 3.31. The van der Waals surface area contributed by atoms with Gasteiger partial charge in [-0.3, -0.25) is 19.3 Å². The molecule has 0 aromatic heterocycles. The second-order valence-corrected chi connectivity index (χ2v) is 8.46. The van der Waals surface area contributed by atoms with Gasteiger partial charge in [0, 0.05) is 18.7 Å². The van der Waals surface area contributed by atoms with E-state index in [1.54, 1.807) is 23.1 Å². The van der Waals surface area contributed by atoms with Gasteiger partial charge >= 0.3 is 0 Å². The molecule has 0 atom stereocenters. The molecule has 2 aliphatic heterocycles. The summed E-state index contributed by atoms with van der Waals surface area (Å²) in [6, 6.07) is 8.94. The zero-order chi connectivity index (χ0) is 22.8. The smallest absolute Gasteiger partial charge is 0.265 e. The first-order valence-electron chi connectivity index (χ1n) is 10.9. The molecule has 0 aliphatic carbocycles. The molecule has 7 heteroatoms. The zero-order valence-corrected chi connectivity index (χ0v) is 18.8. The number of aryl methyl sites for hydroxylation is 2. The van der Waals surface area contributed by atoms with E-state index in [0.717, 1.165) is 42.6 Å². The molecule has 2 aromatic rings. The molecule has 1 fully saturated rings. The number of amides is 2. The van der Waals surface area contributed by atoms with Gasteiger partial charge in [0.1, 0.15) is 18.0 Å². The summed E-state index contributed by atoms with van der Waals surface area (Å²) >= 11 is 0. The number of rotatable bonds is 6. The summed E-state index contributed by atoms with van der Waals surface area (Å²) in [6.45, 7) is 7.11. The van der Waals surface area contributed by atoms with Crippen molar-refractivity contribution >= 4 is 23.3 Å². The highest BCUT2D eigenvalue weighted by Gasteiger charge is 2.30. The molecule has 4 rings (SSSR count). The predicted molar refractivity (Wildman–Crippen MR) is 121 cm³/mol. The quantitative estimate of drug-likeness (QED) is 0.650. The fraction of sp³-hybridized carbons (Fsp3) is 0.400. The number of likely N-dealkylation sites (tertiary alicyclic amines) is 1. The molecule has 32 heavy (non-hydrogen) atoms. The number of ketones is 1. The van der Waals surface area contributed by atoms with Crippen LogP contribution in [-0.4, -0.2) is 55.3 Å². The third-order valence-corrected chi connectivity index (χ3v) is 6.10. The number of hydrogen-bond donors (Lipinski definition) is 0. The first-order valence-corrected chi connectivity index (χ1v) is 10.9. The van der Waals surface area contributed by atoms with E-state index in [0.29, 0.717) is 22.7 Å². The van der Waals surface area contributed by atoms with Crippen molar-refractivity contribution in [2.75, 3.05) is 37.7 Å². The summed E-state index contributed by atoms with van der Waals surface area (Å²) in [7, 11) is 0. The fourth-order valence-electron chi connectivity index (χ4n) is 4.13. The Morgan fingerprint density at radius 1 is 1.06 bits per heavy atom. The molecule has 0 unspecified atom stereocenters. The Bertz CT molecular complexity index is 1070. The van der Waals surface area contributed by atoms with Crippen molar-refractivity contribution in [3.8, 4) is 11.5 Å². The Hall–Kier alpha value is -3.35. The van der Waals surface area contributed by atoms with E-state index in [1.165, 1.54) is 4.90 Å². The van der Waals surface area contributed by atoms with Gasteiger partial charge in [0.2, 0.25) is 5.91 Å². The largest absolute Gasteiger partial charge is 0.485 e. The molecule has 168 valence electrons. The van der Waals surface area contributed by atoms with Gasteiger partial charge in [0.05, 0.1) is 5.69 Å². The summed E-state index contributed by atoms with van der Waals surface area (Å²) in [6.07, 6.45) is 1.97. The van der Waals surface area contributed by atoms with Crippen LogP contribution >= 0.6 is 0 Å². The minimum absolute atomic E-state index is 0.0505. The summed E-state index contributed by atoms with van der Waals surface area (Å²) in [5, 5.41) is 0. The van der Waals surface area contributed by atoms with Gasteiger partial charge in [-0.05, 0) is 74.6 Å². The monoisotopic (exact) mass is 436 g/mol. The molecule has 0 bridgehead atoms. The van der Waals surface area contributed by atoms with Crippen molar-refractivity contribution in [1.82, 2.24) is 4.90 Å². The maximum Gasteiger partial charge on any atom is 0.265 e. The molecule has 2 aliphatic rings. The normalized spacial score (nSPS) is 15.4. The summed E-state index contributed by atoms with van der Waals surface area (Å²) in [5.74, 6) is 0.576. The number of Topliss-reactive ketones (excluding diaryl/α,β-unsaturated/α-hetero) is 1. The van der Waals surface area contributed by atoms with Crippen molar-refractivity contribution in [1.29, 1.82) is 0 Å². The van der Waals surface area contributed by atoms with Crippen LogP contribution in [0.5, 0.6) is 11.5 Å². The number of nitrogens with zero attached hydrogens (tertiary/aromatic N) is 2. The van der Waals surface area contributed by atoms with Crippen LogP contribution in [0.1, 0.15) is 39.9 Å². The Balaban J connectivity index is 1.51. The highest BCUT2D eigenvalue weighted by molar-refractivity contribution is 6.04. The standard InChI is InChI=1S/C25H28N2O5/c1-16-10-17(2)18(3)23(11-16)31-14-21(28)19-6-7-22-20(12-19)27(25(30)15-32-22)13-24(29)26-8-4-5-9-26/h6-7,10-12H,4-5,8-9,13-15H2,1-3H3. The van der Waals surface area contributed by atoms with Gasteiger partial charge in [-0.1, -0.05) is 6.07 Å². The first-order chi connectivity index (χ1) is 15.3. The minimum Gasteiger partial charge on any atom is -0.485 e. The van der Waals surface area contributed by atoms with E-state index in [4.69, 9.17) is 9.47 Å². The Labute approximate surface area is 187 Å². The Morgan fingerprint density at radius 2 is 1.81 bits per heavy atom. The van der Waals surface area contributed by atoms with Gasteiger partial charge < -0.3 is 14.4 Å². The van der Waals surface area contributed by atoms with Crippen molar-refractivity contribution in [3.05, 3.63) is 52.6 Å². The number of ether oxygens (including phenoxy) is 2. The van der Waals surface area contributed by atoms with Gasteiger partial charge in [0.15, 0.2) is 19.0 Å². The van der Waals surface area contributed by atoms with Crippen LogP contribution in [0.15, 0.2) is 30.3 Å². The zero-order valence-electron chi connectivity index (χ0n) is 18.8. The molecule has 0 saturated carbocycles. The van der Waals surface area contributed by atoms with Crippen molar-refractivity contribution in [3.63, 3.8) is 0 Å². The molecule has 7 nitrogen and oxygen atoms in total. The van der Waals surface area contributed by atoms with E-state index in [2.05, 4.69) is 6.07 Å². The maximum atomic E-state index is 12.9. The molecule has 0 N–H and O–H groups in total. The number of anilines is 1. The second kappa shape index (κ2) is 9.02. The highest BCUT2D eigenvalue weighted by Crippen LogP contribution is 2.33. The number of carbonyl (C=O) groups excluding carboxylic acids is 3. The van der Waals surface area contributed by atoms with Crippen LogP contribution in [-0.2, 0) is 9.59 Å². The lowest BCUT2D eigenvalue weighted by Gasteiger charge is -2.30. The van der Waals surface area contributed by atoms with E-state index in [1.807, 2.05) is 26.8 Å². The number of fused-ring (bicyclic) bond motifs is 1. The van der Waals surface area contributed by atoms with Gasteiger partial charge in [-0.15, -0.1) is 0 Å². The van der Waals surface area contributed by atoms with E-state index in [9.17, 15) is 14.4 Å². The van der Waals surface area contributed by atoms with Crippen LogP contribution in [0.4, 0.5) is 5.69 Å². The van der Waals surface area contributed by atoms with Crippen LogP contribution in [0.3, 0.4) is 0 Å². The lowest BCUT2D eigenvalue weighted by atomic mass is 10.1. The van der Waals surface area contributed by atoms with Crippen LogP contribution < -0.4 is 14.4 Å². The predicted octanol–water partition coefficient (Wildman–Crippen LogP) is 3.22. The van der Waals surface area contributed by atoms with E-state index >= 15 is 0 Å². The maximum absolute atomic E-state index is 12.9. The van der Waals surface area contributed by atoms with E-state index < -0.39 is 0 Å². The number of hydrogen-bond acceptors (Lipinski definition) is 5. The first kappa shape index (κ1) is 21.9. The van der Waals surface area contributed by atoms with Crippen LogP contribution in [0.2, 0.25) is 0 Å². The van der Waals surface area contributed by atoms with Gasteiger partial charge in [0.25, 0.3) is 5.91 Å². The van der Waals surface area contributed by atoms with Crippen LogP contribution in [0.25, 0.3) is 0 Å². The lowest BCUT2D eigenvalue weighted by Crippen LogP contribution is -2.46. The van der Waals surface area contributed by atoms with Crippen molar-refractivity contribution < 1.29 is 23.9 Å². The summed E-state index contributed by atoms with van der Waals surface area (Å²) in [4.78, 5) is 41.2. The third-order valence-electron chi connectivity index (χ3n) is 6.10. The molecule has 1 saturated heterocycles. The molecular formula is C25H28N2O5. The average molecular weight is 437 g/mol. The van der Waals surface area contributed by atoms with Gasteiger partial charge in [-0.25, -0.2) is 0 Å². The second-order valence-electron chi connectivity index (χ2n) is 8.46. The van der Waals surface area contributed by atoms with Crippen molar-refractivity contribution in [2.24, 2.45) is 0 Å². The molecule has 0 radical (unpaired) electrons. The number of carbonyl (C=O) groups is 3. The van der Waals surface area contributed by atoms with Crippen LogP contribution in [0, 0.1) is 20.8 Å². The lowest BCUT2D eigenvalue weighted by molar-refractivity contribution is -0.131. The van der Waals surface area contributed by atoms with Crippen molar-refractivity contribution in [2.45, 2.75) is 33.6 Å². The topological polar surface area (TPSA) is 76.2 Å². The molecule has 2 heterocycles. The summed E-state index contributed by atoms with van der Waals surface area (Å²) in [5.41, 5.74) is 4.03. The Morgan fingerprint density at radius 3 is 2.56 bits per heavy atom. The molecule has 2 aromatic carbocycles. The molecular weight excluding hydrogens is 408 g/mol. The summed E-state index contributed by atoms with van der Waals surface area (Å²) < 4.78 is 11.3. The Kier molecular flexibility index (Phi) is 6.17. The molecule has 0 spiro atoms. The fourth-order valence-corrected chi connectivity index (χ4v) is 4.13. The SMILES string of the molecule is Cc1cc(C)c(C)c(OCC(=O)c2ccc3c(c2)N(CC(=O)N2CCCC2)C(=O)CO3)c1. The highest BCUT2D eigenvalue weighted by atomic mass is 16.5.